The van der Waals surface area contributed by atoms with Crippen LogP contribution in [0.1, 0.15) is 29.0 Å². The zero-order valence-electron chi connectivity index (χ0n) is 10.3. The first kappa shape index (κ1) is 12.8. The van der Waals surface area contributed by atoms with E-state index < -0.39 is 17.2 Å². The lowest BCUT2D eigenvalue weighted by molar-refractivity contribution is 0.0934. The van der Waals surface area contributed by atoms with Crippen LogP contribution in [0.15, 0.2) is 46.0 Å². The number of H-pyrrole nitrogens is 2. The van der Waals surface area contributed by atoms with Gasteiger partial charge >= 0.3 is 5.69 Å². The average molecular weight is 259 g/mol. The van der Waals surface area contributed by atoms with Gasteiger partial charge < -0.3 is 10.3 Å². The van der Waals surface area contributed by atoms with E-state index in [4.69, 9.17) is 0 Å². The molecule has 0 saturated heterocycles. The minimum absolute atomic E-state index is 0.0588. The molecule has 1 unspecified atom stereocenters. The van der Waals surface area contributed by atoms with Crippen molar-refractivity contribution in [1.29, 1.82) is 0 Å². The van der Waals surface area contributed by atoms with Crippen LogP contribution in [0.5, 0.6) is 0 Å². The Labute approximate surface area is 108 Å². The van der Waals surface area contributed by atoms with Gasteiger partial charge in [0.1, 0.15) is 5.69 Å². The van der Waals surface area contributed by atoms with Gasteiger partial charge in [-0.25, -0.2) is 4.79 Å². The molecule has 0 aliphatic rings. The fraction of sp³-hybridized carbons (Fsp3) is 0.154. The molecule has 1 aromatic carbocycles. The molecule has 1 amide bonds. The van der Waals surface area contributed by atoms with Gasteiger partial charge in [-0.3, -0.25) is 14.6 Å². The Bertz CT molecular complexity index is 660. The first-order valence-corrected chi connectivity index (χ1v) is 5.76. The summed E-state index contributed by atoms with van der Waals surface area (Å²) in [6, 6.07) is 10.2. The number of amides is 1. The lowest BCUT2D eigenvalue weighted by Crippen LogP contribution is -2.32. The number of carbonyl (C=O) groups excluding carboxylic acids is 1. The summed E-state index contributed by atoms with van der Waals surface area (Å²) in [5.41, 5.74) is -0.439. The summed E-state index contributed by atoms with van der Waals surface area (Å²) in [7, 11) is 0. The number of hydrogen-bond donors (Lipinski definition) is 3. The number of hydrogen-bond acceptors (Lipinski definition) is 3. The summed E-state index contributed by atoms with van der Waals surface area (Å²) < 4.78 is 0. The number of carbonyl (C=O) groups is 1. The lowest BCUT2D eigenvalue weighted by Gasteiger charge is -2.13. The maximum absolute atomic E-state index is 11.9. The van der Waals surface area contributed by atoms with E-state index in [1.165, 1.54) is 0 Å². The molecular formula is C13H13N3O3. The van der Waals surface area contributed by atoms with Crippen LogP contribution in [0, 0.1) is 0 Å². The Morgan fingerprint density at radius 1 is 1.16 bits per heavy atom. The average Bonchev–Trinajstić information content (AvgIpc) is 2.38. The SMILES string of the molecule is CC(NC(=O)c1cc(=O)[nH]c(=O)[nH]1)c1ccccc1. The van der Waals surface area contributed by atoms with Gasteiger partial charge in [-0.2, -0.15) is 0 Å². The third-order valence-corrected chi connectivity index (χ3v) is 2.65. The van der Waals surface area contributed by atoms with Gasteiger partial charge in [-0.1, -0.05) is 30.3 Å². The summed E-state index contributed by atoms with van der Waals surface area (Å²) in [4.78, 5) is 38.4. The van der Waals surface area contributed by atoms with Crippen molar-refractivity contribution in [3.63, 3.8) is 0 Å². The molecule has 2 aromatic rings. The maximum Gasteiger partial charge on any atom is 0.326 e. The van der Waals surface area contributed by atoms with E-state index in [2.05, 4.69) is 10.3 Å². The van der Waals surface area contributed by atoms with Crippen molar-refractivity contribution in [3.05, 3.63) is 68.5 Å². The van der Waals surface area contributed by atoms with Crippen LogP contribution in [0.4, 0.5) is 0 Å². The predicted octanol–water partition coefficient (Wildman–Crippen LogP) is 0.554. The van der Waals surface area contributed by atoms with Crippen molar-refractivity contribution in [2.24, 2.45) is 0 Å². The van der Waals surface area contributed by atoms with Gasteiger partial charge in [0.25, 0.3) is 11.5 Å². The number of aromatic amines is 2. The van der Waals surface area contributed by atoms with Crippen LogP contribution in [-0.2, 0) is 0 Å². The predicted molar refractivity (Wildman–Crippen MR) is 70.0 cm³/mol. The normalized spacial score (nSPS) is 11.8. The van der Waals surface area contributed by atoms with Gasteiger partial charge in [0.2, 0.25) is 0 Å². The molecule has 1 atom stereocenters. The monoisotopic (exact) mass is 259 g/mol. The topological polar surface area (TPSA) is 94.8 Å². The standard InChI is InChI=1S/C13H13N3O3/c1-8(9-5-3-2-4-6-9)14-12(18)10-7-11(17)16-13(19)15-10/h2-8H,1H3,(H,14,18)(H2,15,16,17,19). The molecule has 1 aromatic heterocycles. The molecule has 6 heteroatoms. The molecule has 0 aliphatic carbocycles. The van der Waals surface area contributed by atoms with Crippen molar-refractivity contribution in [2.45, 2.75) is 13.0 Å². The van der Waals surface area contributed by atoms with Crippen molar-refractivity contribution >= 4 is 5.91 Å². The molecular weight excluding hydrogens is 246 g/mol. The quantitative estimate of drug-likeness (QED) is 0.751. The summed E-state index contributed by atoms with van der Waals surface area (Å²) in [6.45, 7) is 1.82. The summed E-state index contributed by atoms with van der Waals surface area (Å²) in [5, 5.41) is 2.71. The first-order valence-electron chi connectivity index (χ1n) is 5.76. The van der Waals surface area contributed by atoms with Crippen LogP contribution < -0.4 is 16.6 Å². The van der Waals surface area contributed by atoms with E-state index in [0.29, 0.717) is 0 Å². The van der Waals surface area contributed by atoms with Crippen LogP contribution in [0.25, 0.3) is 0 Å². The fourth-order valence-corrected chi connectivity index (χ4v) is 1.69. The first-order chi connectivity index (χ1) is 9.06. The van der Waals surface area contributed by atoms with Crippen molar-refractivity contribution < 1.29 is 4.79 Å². The highest BCUT2D eigenvalue weighted by Gasteiger charge is 2.12. The van der Waals surface area contributed by atoms with E-state index in [9.17, 15) is 14.4 Å². The fourth-order valence-electron chi connectivity index (χ4n) is 1.69. The Morgan fingerprint density at radius 2 is 1.84 bits per heavy atom. The number of aromatic nitrogens is 2. The smallest absolute Gasteiger partial charge is 0.326 e. The summed E-state index contributed by atoms with van der Waals surface area (Å²) >= 11 is 0. The van der Waals surface area contributed by atoms with Crippen molar-refractivity contribution in [3.8, 4) is 0 Å². The largest absolute Gasteiger partial charge is 0.344 e. The highest BCUT2D eigenvalue weighted by molar-refractivity contribution is 5.92. The van der Waals surface area contributed by atoms with Gasteiger partial charge in [-0.05, 0) is 12.5 Å². The molecule has 0 radical (unpaired) electrons. The van der Waals surface area contributed by atoms with Gasteiger partial charge in [0.15, 0.2) is 0 Å². The number of benzene rings is 1. The summed E-state index contributed by atoms with van der Waals surface area (Å²) in [6.07, 6.45) is 0. The second kappa shape index (κ2) is 5.34. The molecule has 1 heterocycles. The lowest BCUT2D eigenvalue weighted by atomic mass is 10.1. The van der Waals surface area contributed by atoms with E-state index in [1.54, 1.807) is 0 Å². The highest BCUT2D eigenvalue weighted by Crippen LogP contribution is 2.11. The molecule has 0 saturated carbocycles. The summed E-state index contributed by atoms with van der Waals surface area (Å²) in [5.74, 6) is -0.500. The van der Waals surface area contributed by atoms with Gasteiger partial charge in [-0.15, -0.1) is 0 Å². The Hall–Kier alpha value is -2.63. The van der Waals surface area contributed by atoms with Crippen LogP contribution in [-0.4, -0.2) is 15.9 Å². The Balaban J connectivity index is 2.17. The van der Waals surface area contributed by atoms with Crippen LogP contribution in [0.2, 0.25) is 0 Å². The molecule has 19 heavy (non-hydrogen) atoms. The molecule has 0 fully saturated rings. The van der Waals surface area contributed by atoms with Crippen LogP contribution >= 0.6 is 0 Å². The molecule has 3 N–H and O–H groups in total. The van der Waals surface area contributed by atoms with Crippen LogP contribution in [0.3, 0.4) is 0 Å². The third-order valence-electron chi connectivity index (χ3n) is 2.65. The Morgan fingerprint density at radius 3 is 2.47 bits per heavy atom. The third kappa shape index (κ3) is 3.19. The molecule has 0 bridgehead atoms. The van der Waals surface area contributed by atoms with E-state index >= 15 is 0 Å². The zero-order valence-corrected chi connectivity index (χ0v) is 10.3. The second-order valence-electron chi connectivity index (χ2n) is 4.11. The van der Waals surface area contributed by atoms with Gasteiger partial charge in [0, 0.05) is 6.07 Å². The maximum atomic E-state index is 11.9. The number of nitrogens with one attached hydrogen (secondary N) is 3. The minimum Gasteiger partial charge on any atom is -0.344 e. The van der Waals surface area contributed by atoms with Crippen molar-refractivity contribution in [1.82, 2.24) is 15.3 Å². The molecule has 6 nitrogen and oxygen atoms in total. The molecule has 2 rings (SSSR count). The molecule has 98 valence electrons. The highest BCUT2D eigenvalue weighted by atomic mass is 16.2. The minimum atomic E-state index is -0.704. The molecule has 0 aliphatic heterocycles. The zero-order chi connectivity index (χ0) is 13.8. The molecule has 0 spiro atoms. The van der Waals surface area contributed by atoms with Crippen molar-refractivity contribution in [2.75, 3.05) is 0 Å². The van der Waals surface area contributed by atoms with Gasteiger partial charge in [0.05, 0.1) is 6.04 Å². The van der Waals surface area contributed by atoms with E-state index in [1.807, 2.05) is 42.2 Å². The van der Waals surface area contributed by atoms with E-state index in [-0.39, 0.29) is 11.7 Å². The number of rotatable bonds is 3. The Kier molecular flexibility index (Phi) is 3.61. The second-order valence-corrected chi connectivity index (χ2v) is 4.11. The van der Waals surface area contributed by atoms with E-state index in [0.717, 1.165) is 11.6 Å².